The average molecular weight is 264 g/mol. The van der Waals surface area contributed by atoms with Crippen molar-refractivity contribution < 1.29 is 9.53 Å². The van der Waals surface area contributed by atoms with Gasteiger partial charge in [-0.15, -0.1) is 0 Å². The smallest absolute Gasteiger partial charge is 0.221 e. The molecule has 0 aliphatic rings. The Hall–Kier alpha value is -1.55. The van der Waals surface area contributed by atoms with Crippen molar-refractivity contribution in [2.24, 2.45) is 0 Å². The van der Waals surface area contributed by atoms with Gasteiger partial charge in [0.15, 0.2) is 0 Å². The van der Waals surface area contributed by atoms with E-state index < -0.39 is 0 Å². The molecule has 4 heteroatoms. The van der Waals surface area contributed by atoms with Gasteiger partial charge in [0, 0.05) is 25.6 Å². The third-order valence-electron chi connectivity index (χ3n) is 2.99. The van der Waals surface area contributed by atoms with Crippen LogP contribution in [-0.2, 0) is 4.79 Å². The van der Waals surface area contributed by atoms with Gasteiger partial charge < -0.3 is 15.4 Å². The Morgan fingerprint density at radius 2 is 1.95 bits per heavy atom. The zero-order valence-corrected chi connectivity index (χ0v) is 12.0. The standard InChI is InChI=1S/C15H24N2O2/c1-4-10-17-15(18)9-11-16-12(2)13-5-7-14(19-3)8-6-13/h5-8,12,16H,4,9-11H2,1-3H3,(H,17,18). The first-order valence-electron chi connectivity index (χ1n) is 6.81. The van der Waals surface area contributed by atoms with Crippen LogP contribution in [0.2, 0.25) is 0 Å². The van der Waals surface area contributed by atoms with Gasteiger partial charge in [-0.1, -0.05) is 19.1 Å². The molecule has 0 aliphatic carbocycles. The fourth-order valence-electron chi connectivity index (χ4n) is 1.77. The Kier molecular flexibility index (Phi) is 6.97. The number of amides is 1. The summed E-state index contributed by atoms with van der Waals surface area (Å²) in [5.41, 5.74) is 1.19. The van der Waals surface area contributed by atoms with E-state index in [-0.39, 0.29) is 11.9 Å². The summed E-state index contributed by atoms with van der Waals surface area (Å²) in [4.78, 5) is 11.4. The lowest BCUT2D eigenvalue weighted by molar-refractivity contribution is -0.121. The zero-order chi connectivity index (χ0) is 14.1. The van der Waals surface area contributed by atoms with E-state index in [0.717, 1.165) is 18.7 Å². The van der Waals surface area contributed by atoms with E-state index in [2.05, 4.69) is 17.6 Å². The van der Waals surface area contributed by atoms with Crippen LogP contribution in [0.15, 0.2) is 24.3 Å². The summed E-state index contributed by atoms with van der Waals surface area (Å²) in [5.74, 6) is 0.964. The number of methoxy groups -OCH3 is 1. The van der Waals surface area contributed by atoms with Gasteiger partial charge in [-0.05, 0) is 31.0 Å². The molecular formula is C15H24N2O2. The van der Waals surface area contributed by atoms with Gasteiger partial charge in [-0.2, -0.15) is 0 Å². The van der Waals surface area contributed by atoms with Gasteiger partial charge in [0.1, 0.15) is 5.75 Å². The van der Waals surface area contributed by atoms with E-state index in [9.17, 15) is 4.79 Å². The second kappa shape index (κ2) is 8.53. The summed E-state index contributed by atoms with van der Waals surface area (Å²) in [6.45, 7) is 5.58. The molecule has 1 unspecified atom stereocenters. The molecule has 1 aromatic rings. The van der Waals surface area contributed by atoms with Crippen LogP contribution >= 0.6 is 0 Å². The van der Waals surface area contributed by atoms with Crippen LogP contribution in [0.4, 0.5) is 0 Å². The van der Waals surface area contributed by atoms with Crippen LogP contribution in [0.25, 0.3) is 0 Å². The van der Waals surface area contributed by atoms with Crippen LogP contribution in [0, 0.1) is 0 Å². The highest BCUT2D eigenvalue weighted by Gasteiger charge is 2.06. The van der Waals surface area contributed by atoms with Gasteiger partial charge in [-0.3, -0.25) is 4.79 Å². The minimum atomic E-state index is 0.108. The van der Waals surface area contributed by atoms with Crippen molar-refractivity contribution in [1.82, 2.24) is 10.6 Å². The average Bonchev–Trinajstić information content (AvgIpc) is 2.45. The molecule has 0 spiro atoms. The highest BCUT2D eigenvalue weighted by atomic mass is 16.5. The monoisotopic (exact) mass is 264 g/mol. The molecule has 0 saturated heterocycles. The van der Waals surface area contributed by atoms with Crippen molar-refractivity contribution in [1.29, 1.82) is 0 Å². The maximum atomic E-state index is 11.4. The molecule has 1 aromatic carbocycles. The molecule has 0 saturated carbocycles. The third kappa shape index (κ3) is 5.75. The highest BCUT2D eigenvalue weighted by molar-refractivity contribution is 5.75. The fourth-order valence-corrected chi connectivity index (χ4v) is 1.77. The van der Waals surface area contributed by atoms with Gasteiger partial charge in [0.25, 0.3) is 0 Å². The molecule has 0 bridgehead atoms. The quantitative estimate of drug-likeness (QED) is 0.757. The van der Waals surface area contributed by atoms with E-state index in [0.29, 0.717) is 13.0 Å². The second-order valence-electron chi connectivity index (χ2n) is 4.55. The van der Waals surface area contributed by atoms with Crippen LogP contribution in [0.3, 0.4) is 0 Å². The molecule has 4 nitrogen and oxygen atoms in total. The number of rotatable bonds is 8. The van der Waals surface area contributed by atoms with E-state index in [1.807, 2.05) is 31.2 Å². The van der Waals surface area contributed by atoms with E-state index in [1.54, 1.807) is 7.11 Å². The number of nitrogens with one attached hydrogen (secondary N) is 2. The predicted molar refractivity (Wildman–Crippen MR) is 77.3 cm³/mol. The van der Waals surface area contributed by atoms with E-state index in [4.69, 9.17) is 4.74 Å². The van der Waals surface area contributed by atoms with Gasteiger partial charge >= 0.3 is 0 Å². The fraction of sp³-hybridized carbons (Fsp3) is 0.533. The molecule has 1 rings (SSSR count). The summed E-state index contributed by atoms with van der Waals surface area (Å²) in [5, 5.41) is 6.21. The summed E-state index contributed by atoms with van der Waals surface area (Å²) >= 11 is 0. The molecule has 1 amide bonds. The molecule has 19 heavy (non-hydrogen) atoms. The summed E-state index contributed by atoms with van der Waals surface area (Å²) in [6, 6.07) is 8.19. The number of ether oxygens (including phenoxy) is 1. The van der Waals surface area contributed by atoms with E-state index >= 15 is 0 Å². The normalized spacial score (nSPS) is 11.9. The lowest BCUT2D eigenvalue weighted by Crippen LogP contribution is -2.29. The van der Waals surface area contributed by atoms with Crippen molar-refractivity contribution in [3.05, 3.63) is 29.8 Å². The van der Waals surface area contributed by atoms with Crippen LogP contribution in [0.5, 0.6) is 5.75 Å². The Morgan fingerprint density at radius 3 is 2.53 bits per heavy atom. The lowest BCUT2D eigenvalue weighted by atomic mass is 10.1. The van der Waals surface area contributed by atoms with Crippen LogP contribution in [0.1, 0.15) is 38.3 Å². The van der Waals surface area contributed by atoms with Crippen LogP contribution in [-0.4, -0.2) is 26.1 Å². The maximum Gasteiger partial charge on any atom is 0.221 e. The molecule has 0 radical (unpaired) electrons. The molecule has 0 aliphatic heterocycles. The highest BCUT2D eigenvalue weighted by Crippen LogP contribution is 2.16. The zero-order valence-electron chi connectivity index (χ0n) is 12.0. The predicted octanol–water partition coefficient (Wildman–Crippen LogP) is 2.26. The topological polar surface area (TPSA) is 50.4 Å². The van der Waals surface area contributed by atoms with Crippen LogP contribution < -0.4 is 15.4 Å². The summed E-state index contributed by atoms with van der Waals surface area (Å²) < 4.78 is 5.13. The number of benzene rings is 1. The molecule has 2 N–H and O–H groups in total. The molecule has 1 atom stereocenters. The Balaban J connectivity index is 2.30. The molecule has 0 fully saturated rings. The summed E-state index contributed by atoms with van der Waals surface area (Å²) in [6.07, 6.45) is 1.49. The molecule has 0 heterocycles. The van der Waals surface area contributed by atoms with Gasteiger partial charge in [-0.25, -0.2) is 0 Å². The number of carbonyl (C=O) groups excluding carboxylic acids is 1. The molecule has 106 valence electrons. The summed E-state index contributed by atoms with van der Waals surface area (Å²) in [7, 11) is 1.66. The first-order valence-corrected chi connectivity index (χ1v) is 6.81. The minimum Gasteiger partial charge on any atom is -0.497 e. The lowest BCUT2D eigenvalue weighted by Gasteiger charge is -2.14. The van der Waals surface area contributed by atoms with Crippen molar-refractivity contribution in [3.63, 3.8) is 0 Å². The first kappa shape index (κ1) is 15.5. The van der Waals surface area contributed by atoms with Gasteiger partial charge in [0.05, 0.1) is 7.11 Å². The number of carbonyl (C=O) groups is 1. The first-order chi connectivity index (χ1) is 9.17. The van der Waals surface area contributed by atoms with Crippen molar-refractivity contribution >= 4 is 5.91 Å². The van der Waals surface area contributed by atoms with Crippen molar-refractivity contribution in [3.8, 4) is 5.75 Å². The Bertz CT molecular complexity index is 376. The minimum absolute atomic E-state index is 0.108. The Labute approximate surface area is 115 Å². The van der Waals surface area contributed by atoms with Crippen molar-refractivity contribution in [2.75, 3.05) is 20.2 Å². The number of hydrogen-bond donors (Lipinski definition) is 2. The Morgan fingerprint density at radius 1 is 1.26 bits per heavy atom. The van der Waals surface area contributed by atoms with E-state index in [1.165, 1.54) is 5.56 Å². The molecule has 0 aromatic heterocycles. The van der Waals surface area contributed by atoms with Crippen molar-refractivity contribution in [2.45, 2.75) is 32.7 Å². The molecular weight excluding hydrogens is 240 g/mol. The van der Waals surface area contributed by atoms with Gasteiger partial charge in [0.2, 0.25) is 5.91 Å². The maximum absolute atomic E-state index is 11.4. The second-order valence-corrected chi connectivity index (χ2v) is 4.55. The largest absolute Gasteiger partial charge is 0.497 e. The third-order valence-corrected chi connectivity index (χ3v) is 2.99. The SMILES string of the molecule is CCCNC(=O)CCNC(C)c1ccc(OC)cc1. The number of hydrogen-bond acceptors (Lipinski definition) is 3.